The summed E-state index contributed by atoms with van der Waals surface area (Å²) in [6.45, 7) is 1.65. The molecule has 0 unspecified atom stereocenters. The van der Waals surface area contributed by atoms with Gasteiger partial charge in [-0.2, -0.15) is 4.31 Å². The van der Waals surface area contributed by atoms with Crippen LogP contribution in [0.2, 0.25) is 0 Å². The third kappa shape index (κ3) is 6.55. The third-order valence-corrected chi connectivity index (χ3v) is 7.84. The first kappa shape index (κ1) is 24.6. The molecule has 35 heavy (non-hydrogen) atoms. The van der Waals surface area contributed by atoms with Crippen LogP contribution in [-0.2, 0) is 26.0 Å². The van der Waals surface area contributed by atoms with E-state index in [1.165, 1.54) is 4.31 Å². The van der Waals surface area contributed by atoms with Crippen LogP contribution in [0, 0.1) is 0 Å². The van der Waals surface area contributed by atoms with E-state index in [4.69, 9.17) is 0 Å². The molecule has 0 atom stereocenters. The number of fused-ring (bicyclic) bond motifs is 1. The SMILES string of the molecule is O=C(CNC(=O)Cc1cccc2ccccc12)NCCS(=O)(=O)N1CCN(c2ccccn2)CC1. The molecule has 1 aromatic heterocycles. The van der Waals surface area contributed by atoms with E-state index in [9.17, 15) is 18.0 Å². The molecule has 184 valence electrons. The number of anilines is 1. The number of carbonyl (C=O) groups excluding carboxylic acids is 2. The van der Waals surface area contributed by atoms with Crippen molar-refractivity contribution in [3.8, 4) is 0 Å². The van der Waals surface area contributed by atoms with Crippen molar-refractivity contribution in [1.82, 2.24) is 19.9 Å². The van der Waals surface area contributed by atoms with Crippen molar-refractivity contribution in [2.24, 2.45) is 0 Å². The van der Waals surface area contributed by atoms with Gasteiger partial charge >= 0.3 is 0 Å². The molecule has 1 aliphatic rings. The summed E-state index contributed by atoms with van der Waals surface area (Å²) >= 11 is 0. The summed E-state index contributed by atoms with van der Waals surface area (Å²) in [7, 11) is -3.49. The zero-order valence-electron chi connectivity index (χ0n) is 19.4. The van der Waals surface area contributed by atoms with Gasteiger partial charge in [0, 0.05) is 38.9 Å². The summed E-state index contributed by atoms with van der Waals surface area (Å²) in [4.78, 5) is 30.8. The van der Waals surface area contributed by atoms with Gasteiger partial charge in [-0.15, -0.1) is 0 Å². The third-order valence-electron chi connectivity index (χ3n) is 5.96. The second kappa shape index (κ2) is 11.3. The van der Waals surface area contributed by atoms with E-state index in [1.54, 1.807) is 6.20 Å². The van der Waals surface area contributed by atoms with Gasteiger partial charge in [0.2, 0.25) is 21.8 Å². The molecule has 1 fully saturated rings. The number of nitrogens with one attached hydrogen (secondary N) is 2. The normalized spacial score (nSPS) is 14.6. The zero-order valence-corrected chi connectivity index (χ0v) is 20.2. The lowest BCUT2D eigenvalue weighted by atomic mass is 10.0. The number of piperazine rings is 1. The van der Waals surface area contributed by atoms with Gasteiger partial charge in [-0.1, -0.05) is 48.5 Å². The summed E-state index contributed by atoms with van der Waals surface area (Å²) in [6.07, 6.45) is 1.88. The largest absolute Gasteiger partial charge is 0.354 e. The van der Waals surface area contributed by atoms with Crippen molar-refractivity contribution in [1.29, 1.82) is 0 Å². The molecule has 9 nitrogen and oxygen atoms in total. The van der Waals surface area contributed by atoms with Crippen LogP contribution in [0.4, 0.5) is 5.82 Å². The Labute approximate surface area is 205 Å². The van der Waals surface area contributed by atoms with Gasteiger partial charge in [-0.05, 0) is 28.5 Å². The highest BCUT2D eigenvalue weighted by Crippen LogP contribution is 2.19. The minimum atomic E-state index is -3.49. The molecule has 3 aromatic rings. The van der Waals surface area contributed by atoms with Gasteiger partial charge in [0.05, 0.1) is 18.7 Å². The lowest BCUT2D eigenvalue weighted by Gasteiger charge is -2.34. The number of amides is 2. The molecule has 2 N–H and O–H groups in total. The number of aromatic nitrogens is 1. The number of carbonyl (C=O) groups is 2. The van der Waals surface area contributed by atoms with Crippen molar-refractivity contribution in [3.05, 3.63) is 72.4 Å². The smallest absolute Gasteiger partial charge is 0.239 e. The first-order valence-corrected chi connectivity index (χ1v) is 13.2. The van der Waals surface area contributed by atoms with Gasteiger partial charge < -0.3 is 15.5 Å². The molecule has 0 saturated carbocycles. The maximum Gasteiger partial charge on any atom is 0.239 e. The maximum absolute atomic E-state index is 12.7. The van der Waals surface area contributed by atoms with Gasteiger partial charge in [-0.3, -0.25) is 9.59 Å². The predicted molar refractivity (Wildman–Crippen MR) is 135 cm³/mol. The fourth-order valence-electron chi connectivity index (χ4n) is 4.11. The monoisotopic (exact) mass is 495 g/mol. The highest BCUT2D eigenvalue weighted by molar-refractivity contribution is 7.89. The van der Waals surface area contributed by atoms with Crippen molar-refractivity contribution in [3.63, 3.8) is 0 Å². The molecule has 2 heterocycles. The molecule has 1 saturated heterocycles. The number of sulfonamides is 1. The van der Waals surface area contributed by atoms with E-state index in [1.807, 2.05) is 60.7 Å². The fraction of sp³-hybridized carbons (Fsp3) is 0.320. The van der Waals surface area contributed by atoms with Gasteiger partial charge in [0.25, 0.3) is 0 Å². The standard InChI is InChI=1S/C25H29N5O4S/c31-24(18-21-8-5-7-20-6-1-2-9-22(20)21)28-19-25(32)27-12-17-35(33,34)30-15-13-29(14-16-30)23-10-3-4-11-26-23/h1-11H,12-19H2,(H,27,32)(H,28,31). The van der Waals surface area contributed by atoms with E-state index in [0.717, 1.165) is 22.2 Å². The number of benzene rings is 2. The Morgan fingerprint density at radius 2 is 1.60 bits per heavy atom. The Bertz CT molecular complexity index is 1270. The second-order valence-electron chi connectivity index (χ2n) is 8.33. The molecule has 0 spiro atoms. The van der Waals surface area contributed by atoms with E-state index in [0.29, 0.717) is 26.2 Å². The quantitative estimate of drug-likeness (QED) is 0.461. The van der Waals surface area contributed by atoms with Crippen LogP contribution in [-0.4, -0.2) is 74.5 Å². The lowest BCUT2D eigenvalue weighted by Crippen LogP contribution is -2.50. The van der Waals surface area contributed by atoms with Crippen LogP contribution in [0.15, 0.2) is 66.9 Å². The first-order valence-electron chi connectivity index (χ1n) is 11.6. The number of hydrogen-bond acceptors (Lipinski definition) is 6. The van der Waals surface area contributed by atoms with Gasteiger partial charge in [0.15, 0.2) is 0 Å². The molecular formula is C25H29N5O4S. The fourth-order valence-corrected chi connectivity index (χ4v) is 5.45. The van der Waals surface area contributed by atoms with Gasteiger partial charge in [-0.25, -0.2) is 13.4 Å². The van der Waals surface area contributed by atoms with E-state index in [-0.39, 0.29) is 31.2 Å². The molecule has 2 aromatic carbocycles. The topological polar surface area (TPSA) is 112 Å². The number of pyridine rings is 1. The Balaban J connectivity index is 1.17. The van der Waals surface area contributed by atoms with Crippen LogP contribution < -0.4 is 15.5 Å². The van der Waals surface area contributed by atoms with Crippen molar-refractivity contribution >= 4 is 38.4 Å². The maximum atomic E-state index is 12.7. The van der Waals surface area contributed by atoms with Crippen LogP contribution in [0.1, 0.15) is 5.56 Å². The molecule has 0 bridgehead atoms. The van der Waals surface area contributed by atoms with E-state index < -0.39 is 15.9 Å². The predicted octanol–water partition coefficient (Wildman–Crippen LogP) is 1.16. The minimum Gasteiger partial charge on any atom is -0.354 e. The van der Waals surface area contributed by atoms with Crippen LogP contribution in [0.5, 0.6) is 0 Å². The molecule has 4 rings (SSSR count). The number of rotatable bonds is 9. The Kier molecular flexibility index (Phi) is 7.94. The van der Waals surface area contributed by atoms with Crippen molar-refractivity contribution in [2.45, 2.75) is 6.42 Å². The van der Waals surface area contributed by atoms with Crippen molar-refractivity contribution < 1.29 is 18.0 Å². The molecule has 2 amide bonds. The Hall–Kier alpha value is -3.50. The zero-order chi connectivity index (χ0) is 24.7. The molecule has 0 radical (unpaired) electrons. The first-order chi connectivity index (χ1) is 16.9. The summed E-state index contributed by atoms with van der Waals surface area (Å²) in [6, 6.07) is 19.2. The summed E-state index contributed by atoms with van der Waals surface area (Å²) in [5.74, 6) is -0.0487. The average molecular weight is 496 g/mol. The minimum absolute atomic E-state index is 0.0131. The highest BCUT2D eigenvalue weighted by atomic mass is 32.2. The summed E-state index contributed by atoms with van der Waals surface area (Å²) < 4.78 is 26.8. The number of hydrogen-bond donors (Lipinski definition) is 2. The van der Waals surface area contributed by atoms with Crippen LogP contribution in [0.25, 0.3) is 10.8 Å². The molecule has 0 aliphatic carbocycles. The average Bonchev–Trinajstić information content (AvgIpc) is 2.88. The van der Waals surface area contributed by atoms with Crippen molar-refractivity contribution in [2.75, 3.05) is 49.9 Å². The summed E-state index contributed by atoms with van der Waals surface area (Å²) in [5, 5.41) is 7.24. The highest BCUT2D eigenvalue weighted by Gasteiger charge is 2.27. The second-order valence-corrected chi connectivity index (χ2v) is 10.4. The molecule has 10 heteroatoms. The lowest BCUT2D eigenvalue weighted by molar-refractivity contribution is -0.125. The Morgan fingerprint density at radius 1 is 0.857 bits per heavy atom. The van der Waals surface area contributed by atoms with Crippen LogP contribution >= 0.6 is 0 Å². The molecular weight excluding hydrogens is 466 g/mol. The number of nitrogens with zero attached hydrogens (tertiary/aromatic N) is 3. The molecule has 1 aliphatic heterocycles. The Morgan fingerprint density at radius 3 is 2.37 bits per heavy atom. The van der Waals surface area contributed by atoms with Crippen LogP contribution in [0.3, 0.4) is 0 Å². The van der Waals surface area contributed by atoms with E-state index in [2.05, 4.69) is 20.5 Å². The van der Waals surface area contributed by atoms with Gasteiger partial charge in [0.1, 0.15) is 5.82 Å². The summed E-state index contributed by atoms with van der Waals surface area (Å²) in [5.41, 5.74) is 0.884. The van der Waals surface area contributed by atoms with E-state index >= 15 is 0 Å².